The van der Waals surface area contributed by atoms with Gasteiger partial charge in [0.15, 0.2) is 34.9 Å². The third-order valence-corrected chi connectivity index (χ3v) is 7.14. The minimum absolute atomic E-state index is 0.0123. The number of hydrogen-bond acceptors (Lipinski definition) is 11. The zero-order chi connectivity index (χ0) is 29.7. The van der Waals surface area contributed by atoms with Crippen molar-refractivity contribution in [2.24, 2.45) is 5.92 Å². The van der Waals surface area contributed by atoms with Crippen LogP contribution in [0.1, 0.15) is 24.6 Å². The van der Waals surface area contributed by atoms with Crippen molar-refractivity contribution in [3.05, 3.63) is 47.5 Å². The molecule has 2 fully saturated rings. The summed E-state index contributed by atoms with van der Waals surface area (Å²) in [5, 5.41) is 31.9. The number of aromatic nitrogens is 4. The number of aliphatic hydroxyl groups is 2. The highest BCUT2D eigenvalue weighted by Gasteiger charge is 2.56. The summed E-state index contributed by atoms with van der Waals surface area (Å²) < 4.78 is 13.0. The van der Waals surface area contributed by atoms with Crippen LogP contribution in [0, 0.1) is 18.3 Å². The highest BCUT2D eigenvalue weighted by molar-refractivity contribution is 6.28. The fourth-order valence-corrected chi connectivity index (χ4v) is 4.83. The Hall–Kier alpha value is -3.89. The van der Waals surface area contributed by atoms with E-state index in [1.165, 1.54) is 10.9 Å². The summed E-state index contributed by atoms with van der Waals surface area (Å²) in [6.07, 6.45) is 4.44. The third-order valence-electron chi connectivity index (χ3n) is 6.98. The molecule has 0 spiro atoms. The van der Waals surface area contributed by atoms with Gasteiger partial charge in [0, 0.05) is 20.0 Å². The number of benzene rings is 1. The van der Waals surface area contributed by atoms with Gasteiger partial charge in [-0.25, -0.2) is 9.78 Å². The smallest absolute Gasteiger partial charge is 0.373 e. The van der Waals surface area contributed by atoms with E-state index in [1.807, 2.05) is 18.0 Å². The molecule has 0 amide bonds. The molecule has 2 aliphatic rings. The van der Waals surface area contributed by atoms with Crippen LogP contribution in [-0.4, -0.2) is 91.1 Å². The first-order valence-corrected chi connectivity index (χ1v) is 13.0. The quantitative estimate of drug-likeness (QED) is 0.228. The first kappa shape index (κ1) is 30.1. The van der Waals surface area contributed by atoms with Gasteiger partial charge in [-0.05, 0) is 35.9 Å². The number of anilines is 1. The normalized spacial score (nSPS) is 24.1. The topological polar surface area (TPSA) is 177 Å². The number of ether oxygens (including phenoxy) is 2. The largest absolute Gasteiger partial charge is 0.479 e. The number of carbonyl (C=O) groups excluding carboxylic acids is 2. The van der Waals surface area contributed by atoms with E-state index in [4.69, 9.17) is 37.1 Å². The van der Waals surface area contributed by atoms with Crippen LogP contribution in [0.25, 0.3) is 11.2 Å². The summed E-state index contributed by atoms with van der Waals surface area (Å²) in [5.74, 6) is 2.16. The summed E-state index contributed by atoms with van der Waals surface area (Å²) in [6.45, 7) is 0.414. The molecule has 1 saturated carbocycles. The van der Waals surface area contributed by atoms with Crippen molar-refractivity contribution in [3.8, 4) is 12.3 Å². The maximum absolute atomic E-state index is 11.8. The molecular formula is C27H28ClN5O8. The lowest BCUT2D eigenvalue weighted by Gasteiger charge is -2.26. The molecule has 5 atom stereocenters. The van der Waals surface area contributed by atoms with Crippen molar-refractivity contribution in [2.75, 3.05) is 25.1 Å². The van der Waals surface area contributed by atoms with Crippen LogP contribution in [0.15, 0.2) is 36.7 Å². The van der Waals surface area contributed by atoms with E-state index in [1.54, 1.807) is 24.3 Å². The number of imidazole rings is 1. The van der Waals surface area contributed by atoms with Gasteiger partial charge in [-0.2, -0.15) is 19.6 Å². The molecule has 1 aromatic carbocycles. The van der Waals surface area contributed by atoms with Crippen LogP contribution in [-0.2, 0) is 30.3 Å². The predicted molar refractivity (Wildman–Crippen MR) is 143 cm³/mol. The molecule has 1 unspecified atom stereocenters. The Morgan fingerprint density at radius 3 is 2.61 bits per heavy atom. The first-order valence-electron chi connectivity index (χ1n) is 12.6. The Morgan fingerprint density at radius 2 is 2.00 bits per heavy atom. The van der Waals surface area contributed by atoms with Crippen LogP contribution in [0.4, 0.5) is 5.82 Å². The summed E-state index contributed by atoms with van der Waals surface area (Å²) in [7, 11) is 1.90. The Kier molecular flexibility index (Phi) is 9.35. The van der Waals surface area contributed by atoms with Crippen LogP contribution in [0.2, 0.25) is 5.28 Å². The van der Waals surface area contributed by atoms with Crippen LogP contribution in [0.5, 0.6) is 0 Å². The Labute approximate surface area is 239 Å². The van der Waals surface area contributed by atoms with Crippen molar-refractivity contribution < 1.29 is 39.2 Å². The molecule has 3 heterocycles. The van der Waals surface area contributed by atoms with Gasteiger partial charge in [-0.3, -0.25) is 4.57 Å². The average Bonchev–Trinajstić information content (AvgIpc) is 3.61. The van der Waals surface area contributed by atoms with Crippen molar-refractivity contribution in [2.45, 2.75) is 49.4 Å². The molecule has 2 aromatic heterocycles. The lowest BCUT2D eigenvalue weighted by Crippen LogP contribution is -2.48. The van der Waals surface area contributed by atoms with Crippen molar-refractivity contribution in [1.29, 1.82) is 0 Å². The molecule has 5 rings (SSSR count). The molecule has 1 aliphatic heterocycles. The highest BCUT2D eigenvalue weighted by Crippen LogP contribution is 2.39. The number of aliphatic carboxylic acids is 1. The number of fused-ring (bicyclic) bond motifs is 1. The van der Waals surface area contributed by atoms with Gasteiger partial charge in [0.1, 0.15) is 12.2 Å². The zero-order valence-corrected chi connectivity index (χ0v) is 22.7. The van der Waals surface area contributed by atoms with Gasteiger partial charge in [-0.1, -0.05) is 36.3 Å². The number of carboxylic acids is 1. The Morgan fingerprint density at radius 1 is 1.32 bits per heavy atom. The van der Waals surface area contributed by atoms with Gasteiger partial charge in [-0.15, -0.1) is 6.42 Å². The third kappa shape index (κ3) is 6.55. The number of hydrogen-bond donors (Lipinski definition) is 3. The minimum Gasteiger partial charge on any atom is -0.479 e. The second-order valence-electron chi connectivity index (χ2n) is 9.83. The van der Waals surface area contributed by atoms with Gasteiger partial charge < -0.3 is 29.7 Å². The molecular weight excluding hydrogens is 558 g/mol. The number of rotatable bonds is 10. The number of halogens is 1. The van der Waals surface area contributed by atoms with Crippen molar-refractivity contribution in [3.63, 3.8) is 0 Å². The van der Waals surface area contributed by atoms with Gasteiger partial charge in [0.2, 0.25) is 5.28 Å². The summed E-state index contributed by atoms with van der Waals surface area (Å²) >= 11 is 6.23. The van der Waals surface area contributed by atoms with Gasteiger partial charge in [0.25, 0.3) is 0 Å². The van der Waals surface area contributed by atoms with Gasteiger partial charge in [0.05, 0.1) is 12.9 Å². The van der Waals surface area contributed by atoms with E-state index in [2.05, 4.69) is 20.9 Å². The van der Waals surface area contributed by atoms with E-state index in [9.17, 15) is 20.1 Å². The SMILES string of the molecule is C#C[C@@]1(O)[C@@H](COC(Cc2ccccc2)C(=O)O)O[C@@H](n2cnc3c(N(C)CC4CC4)nc(Cl)nc32)[C@@H]1O.O=C=O. The number of carboxylic acid groups (broad SMARTS) is 1. The molecule has 41 heavy (non-hydrogen) atoms. The molecule has 1 aliphatic carbocycles. The van der Waals surface area contributed by atoms with E-state index < -0.39 is 36.1 Å². The maximum atomic E-state index is 11.8. The zero-order valence-electron chi connectivity index (χ0n) is 22.0. The fraction of sp³-hybridized carbons (Fsp3) is 0.444. The second-order valence-corrected chi connectivity index (χ2v) is 10.2. The second kappa shape index (κ2) is 12.7. The average molecular weight is 586 g/mol. The summed E-state index contributed by atoms with van der Waals surface area (Å²) in [4.78, 5) is 43.1. The number of carbonyl (C=O) groups is 1. The molecule has 13 nitrogen and oxygen atoms in total. The molecule has 3 N–H and O–H groups in total. The van der Waals surface area contributed by atoms with E-state index >= 15 is 0 Å². The number of aliphatic hydroxyl groups excluding tert-OH is 1. The molecule has 3 aromatic rings. The molecule has 1 saturated heterocycles. The number of nitrogens with zero attached hydrogens (tertiary/aromatic N) is 5. The van der Waals surface area contributed by atoms with E-state index in [0.717, 1.165) is 24.9 Å². The Balaban J connectivity index is 0.00000124. The predicted octanol–water partition coefficient (Wildman–Crippen LogP) is 1.08. The van der Waals surface area contributed by atoms with Crippen molar-refractivity contribution in [1.82, 2.24) is 19.5 Å². The Bertz CT molecular complexity index is 1450. The fourth-order valence-electron chi connectivity index (χ4n) is 4.67. The molecule has 216 valence electrons. The monoisotopic (exact) mass is 585 g/mol. The first-order chi connectivity index (χ1) is 19.6. The van der Waals surface area contributed by atoms with Crippen LogP contribution < -0.4 is 4.90 Å². The summed E-state index contributed by atoms with van der Waals surface area (Å²) in [6, 6.07) is 9.00. The molecule has 0 bridgehead atoms. The standard InChI is InChI=1S/C26H28ClN5O6.CO2/c1-3-26(36)18(13-37-17(24(34)35)11-15-7-5-4-6-8-15)38-23(20(26)33)32-14-28-19-21(29-25(27)30-22(19)32)31(2)12-16-9-10-16;2-1-3/h1,4-8,14,16-18,20,23,33,36H,9-13H2,2H3,(H,34,35);/t17?,18-,20+,23-,26-;/m1./s1. The van der Waals surface area contributed by atoms with E-state index in [0.29, 0.717) is 22.9 Å². The minimum atomic E-state index is -2.17. The lowest BCUT2D eigenvalue weighted by atomic mass is 9.93. The van der Waals surface area contributed by atoms with Crippen LogP contribution in [0.3, 0.4) is 0 Å². The van der Waals surface area contributed by atoms with Gasteiger partial charge >= 0.3 is 12.1 Å². The maximum Gasteiger partial charge on any atom is 0.373 e. The van der Waals surface area contributed by atoms with Crippen LogP contribution >= 0.6 is 11.6 Å². The highest BCUT2D eigenvalue weighted by atomic mass is 35.5. The lowest BCUT2D eigenvalue weighted by molar-refractivity contribution is -0.191. The molecule has 0 radical (unpaired) electrons. The number of terminal acetylenes is 1. The molecule has 14 heteroatoms. The van der Waals surface area contributed by atoms with E-state index in [-0.39, 0.29) is 24.5 Å². The van der Waals surface area contributed by atoms with Crippen molar-refractivity contribution >= 4 is 40.7 Å². The summed E-state index contributed by atoms with van der Waals surface area (Å²) in [5.41, 5.74) is -0.660.